The van der Waals surface area contributed by atoms with Gasteiger partial charge in [0.2, 0.25) is 0 Å². The molecule has 0 N–H and O–H groups in total. The first-order valence-electron chi connectivity index (χ1n) is 2.19. The van der Waals surface area contributed by atoms with E-state index in [1.165, 1.54) is 23.0 Å². The molecule has 0 rings (SSSR count). The van der Waals surface area contributed by atoms with Gasteiger partial charge in [0.15, 0.2) is 0 Å². The summed E-state index contributed by atoms with van der Waals surface area (Å²) in [5.41, 5.74) is 1.12. The van der Waals surface area contributed by atoms with Crippen LogP contribution in [0.1, 0.15) is 6.92 Å². The van der Waals surface area contributed by atoms with Crippen LogP contribution in [0.15, 0.2) is 17.7 Å². The van der Waals surface area contributed by atoms with Gasteiger partial charge >= 0.3 is 63.5 Å². The molecular formula is C6H8PW-. The van der Waals surface area contributed by atoms with Crippen molar-refractivity contribution in [2.24, 2.45) is 0 Å². The summed E-state index contributed by atoms with van der Waals surface area (Å²) < 4.78 is 1.28. The maximum absolute atomic E-state index is 5.21. The van der Waals surface area contributed by atoms with Gasteiger partial charge in [-0.2, -0.15) is 0 Å². The van der Waals surface area contributed by atoms with Crippen LogP contribution >= 0.6 is 9.24 Å². The quantitative estimate of drug-likeness (QED) is 0.411. The zero-order valence-electron chi connectivity index (χ0n) is 4.72. The van der Waals surface area contributed by atoms with Gasteiger partial charge in [-0.25, -0.2) is 0 Å². The molecule has 1 unspecified atom stereocenters. The van der Waals surface area contributed by atoms with E-state index in [0.717, 1.165) is 5.57 Å². The molecule has 0 saturated heterocycles. The molecule has 0 spiro atoms. The Kier molecular flexibility index (Phi) is 4.61. The predicted molar refractivity (Wildman–Crippen MR) is 37.3 cm³/mol. The van der Waals surface area contributed by atoms with Crippen LogP contribution in [0, 0.1) is 6.58 Å². The molecule has 2 heteroatoms. The Morgan fingerprint density at radius 2 is 2.25 bits per heavy atom. The third-order valence-corrected chi connectivity index (χ3v) is 1.22. The van der Waals surface area contributed by atoms with E-state index < -0.39 is 0 Å². The molecule has 0 fully saturated rings. The van der Waals surface area contributed by atoms with Crippen LogP contribution < -0.4 is 0 Å². The van der Waals surface area contributed by atoms with Gasteiger partial charge in [-0.3, -0.25) is 0 Å². The first-order valence-corrected chi connectivity index (χ1v) is 4.24. The first kappa shape index (κ1) is 8.47. The van der Waals surface area contributed by atoms with Gasteiger partial charge in [-0.15, -0.1) is 0 Å². The molecule has 0 radical (unpaired) electrons. The standard InChI is InChI=1S/C6H8P.W/c1-3-6(2)4-5-7;/h1,3-4H,7H2,2H3;/q-1;. The summed E-state index contributed by atoms with van der Waals surface area (Å²) in [7, 11) is 2.63. The molecule has 0 aromatic heterocycles. The Morgan fingerprint density at radius 1 is 1.75 bits per heavy atom. The van der Waals surface area contributed by atoms with Crippen molar-refractivity contribution in [2.75, 3.05) is 0 Å². The minimum absolute atomic E-state index is 1.12. The van der Waals surface area contributed by atoms with Crippen LogP contribution in [-0.2, 0) is 19.4 Å². The van der Waals surface area contributed by atoms with Crippen LogP contribution in [0.5, 0.6) is 0 Å². The van der Waals surface area contributed by atoms with E-state index in [1.807, 2.05) is 13.0 Å². The number of rotatable bonds is 2. The zero-order chi connectivity index (χ0) is 6.57. The molecule has 0 aromatic rings. The van der Waals surface area contributed by atoms with Gasteiger partial charge in [-0.1, -0.05) is 0 Å². The molecule has 0 aliphatic heterocycles. The predicted octanol–water partition coefficient (Wildman–Crippen LogP) is 1.47. The fourth-order valence-electron chi connectivity index (χ4n) is 0.273. The summed E-state index contributed by atoms with van der Waals surface area (Å²) in [6, 6.07) is 0. The molecule has 0 bridgehead atoms. The average Bonchev–Trinajstić information content (AvgIpc) is 1.65. The summed E-state index contributed by atoms with van der Waals surface area (Å²) in [6.07, 6.45) is 3.65. The molecule has 1 atom stereocenters. The first-order chi connectivity index (χ1) is 3.66. The van der Waals surface area contributed by atoms with E-state index >= 15 is 0 Å². The topological polar surface area (TPSA) is 0 Å². The van der Waals surface area contributed by atoms with Crippen LogP contribution in [-0.4, -0.2) is 3.64 Å². The molecule has 0 aliphatic rings. The van der Waals surface area contributed by atoms with Crippen LogP contribution in [0.3, 0.4) is 0 Å². The van der Waals surface area contributed by atoms with E-state index in [9.17, 15) is 0 Å². The molecule has 8 heavy (non-hydrogen) atoms. The van der Waals surface area contributed by atoms with Crippen molar-refractivity contribution in [3.63, 3.8) is 0 Å². The second-order valence-corrected chi connectivity index (χ2v) is 5.41. The van der Waals surface area contributed by atoms with Crippen LogP contribution in [0.4, 0.5) is 0 Å². The Bertz CT molecular complexity index is 135. The third-order valence-electron chi connectivity index (χ3n) is 0.633. The molecule has 44 valence electrons. The minimum atomic E-state index is 1.12. The Balaban J connectivity index is 3.94. The average molecular weight is 295 g/mol. The van der Waals surface area contributed by atoms with E-state index in [4.69, 9.17) is 6.58 Å². The van der Waals surface area contributed by atoms with Gasteiger partial charge in [0.25, 0.3) is 0 Å². The number of allylic oxidation sites excluding steroid dienone is 3. The second-order valence-electron chi connectivity index (χ2n) is 1.46. The molecule has 0 heterocycles. The SMILES string of the molecule is [CH-]=CC(C)=C[C](P)=[W]. The van der Waals surface area contributed by atoms with Gasteiger partial charge in [0, 0.05) is 0 Å². The summed E-state index contributed by atoms with van der Waals surface area (Å²) in [6.45, 7) is 7.19. The van der Waals surface area contributed by atoms with Crippen molar-refractivity contribution in [3.8, 4) is 0 Å². The molecule has 0 nitrogen and oxygen atoms in total. The van der Waals surface area contributed by atoms with E-state index in [-0.39, 0.29) is 0 Å². The van der Waals surface area contributed by atoms with Crippen molar-refractivity contribution in [2.45, 2.75) is 6.92 Å². The van der Waals surface area contributed by atoms with Gasteiger partial charge in [-0.05, 0) is 0 Å². The van der Waals surface area contributed by atoms with E-state index in [2.05, 4.69) is 9.24 Å². The van der Waals surface area contributed by atoms with E-state index in [1.54, 1.807) is 6.08 Å². The van der Waals surface area contributed by atoms with Crippen molar-refractivity contribution >= 4 is 12.9 Å². The Morgan fingerprint density at radius 3 is 2.38 bits per heavy atom. The Labute approximate surface area is 63.7 Å². The van der Waals surface area contributed by atoms with Crippen molar-refractivity contribution in [1.29, 1.82) is 0 Å². The number of hydrogen-bond donors (Lipinski definition) is 0. The van der Waals surface area contributed by atoms with Crippen molar-refractivity contribution in [1.82, 2.24) is 0 Å². The molecule has 0 amide bonds. The van der Waals surface area contributed by atoms with Gasteiger partial charge in [0.1, 0.15) is 0 Å². The van der Waals surface area contributed by atoms with E-state index in [0.29, 0.717) is 0 Å². The summed E-state index contributed by atoms with van der Waals surface area (Å²) in [4.78, 5) is 0. The fourth-order valence-corrected chi connectivity index (χ4v) is 1.20. The summed E-state index contributed by atoms with van der Waals surface area (Å²) >= 11 is 1.46. The maximum atomic E-state index is 5.21. The van der Waals surface area contributed by atoms with Gasteiger partial charge in [0.05, 0.1) is 0 Å². The molecular weight excluding hydrogens is 287 g/mol. The molecule has 0 aliphatic carbocycles. The molecule has 0 saturated carbocycles. The fraction of sp³-hybridized carbons (Fsp3) is 0.167. The van der Waals surface area contributed by atoms with Crippen LogP contribution in [0.2, 0.25) is 0 Å². The zero-order valence-corrected chi connectivity index (χ0v) is 8.81. The van der Waals surface area contributed by atoms with Crippen molar-refractivity contribution < 1.29 is 19.4 Å². The van der Waals surface area contributed by atoms with Gasteiger partial charge < -0.3 is 0 Å². The van der Waals surface area contributed by atoms with Crippen molar-refractivity contribution in [3.05, 3.63) is 24.3 Å². The van der Waals surface area contributed by atoms with Crippen LogP contribution in [0.25, 0.3) is 0 Å². The summed E-state index contributed by atoms with van der Waals surface area (Å²) in [5, 5.41) is 0. The Hall–Kier alpha value is 0.468. The third kappa shape index (κ3) is 4.62. The number of hydrogen-bond acceptors (Lipinski definition) is 0. The normalized spacial score (nSPS) is 11.0. The molecule has 0 aromatic carbocycles. The second kappa shape index (κ2) is 4.36. The summed E-state index contributed by atoms with van der Waals surface area (Å²) in [5.74, 6) is 0. The monoisotopic (exact) mass is 295 g/mol.